The third-order valence-corrected chi connectivity index (χ3v) is 13.7. The van der Waals surface area contributed by atoms with Crippen molar-refractivity contribution in [1.82, 2.24) is 57.4 Å². The molecule has 0 radical (unpaired) electrons. The topological polar surface area (TPSA) is 514 Å². The number of aliphatic carboxylic acids is 1. The molecule has 2 rings (SSSR count). The van der Waals surface area contributed by atoms with Crippen molar-refractivity contribution in [2.24, 2.45) is 50.5 Å². The Labute approximate surface area is 477 Å². The second kappa shape index (κ2) is 36.6. The van der Waals surface area contributed by atoms with Crippen molar-refractivity contribution < 1.29 is 63.3 Å². The molecule has 31 heteroatoms. The highest BCUT2D eigenvalue weighted by Gasteiger charge is 2.37. The van der Waals surface area contributed by atoms with Crippen LogP contribution in [-0.4, -0.2) is 195 Å². The van der Waals surface area contributed by atoms with Crippen LogP contribution in [0.3, 0.4) is 0 Å². The molecule has 0 spiro atoms. The molecule has 0 aliphatic heterocycles. The van der Waals surface area contributed by atoms with Crippen LogP contribution in [0.1, 0.15) is 124 Å². The van der Waals surface area contributed by atoms with Crippen molar-refractivity contribution in [2.45, 2.75) is 186 Å². The molecule has 0 bridgehead atoms. The van der Waals surface area contributed by atoms with Gasteiger partial charge >= 0.3 is 5.97 Å². The molecule has 31 nitrogen and oxygen atoms in total. The molecule has 0 aromatic carbocycles. The molecular formula is C51H90N18O13. The predicted octanol–water partition coefficient (Wildman–Crippen LogP) is -4.98. The van der Waals surface area contributed by atoms with Crippen LogP contribution in [-0.2, 0) is 54.4 Å². The smallest absolute Gasteiger partial charge is 0.326 e. The number of carbonyl (C=O) groups excluding carboxylic acids is 9. The number of aliphatic imine (C=N–C) groups is 2. The molecule has 1 fully saturated rings. The van der Waals surface area contributed by atoms with Crippen LogP contribution in [0.2, 0.25) is 0 Å². The summed E-state index contributed by atoms with van der Waals surface area (Å²) >= 11 is 0. The second-order valence-corrected chi connectivity index (χ2v) is 20.7. The Morgan fingerprint density at radius 2 is 1.24 bits per heavy atom. The van der Waals surface area contributed by atoms with Crippen LogP contribution in [0.25, 0.3) is 0 Å². The van der Waals surface area contributed by atoms with Crippen LogP contribution in [0.4, 0.5) is 0 Å². The summed E-state index contributed by atoms with van der Waals surface area (Å²) in [5.74, 6) is -9.82. The van der Waals surface area contributed by atoms with E-state index < -0.39 is 139 Å². The summed E-state index contributed by atoms with van der Waals surface area (Å²) in [6.45, 7) is 7.61. The summed E-state index contributed by atoms with van der Waals surface area (Å²) in [7, 11) is 0. The Kier molecular flexibility index (Phi) is 31.5. The van der Waals surface area contributed by atoms with Crippen LogP contribution in [0, 0.1) is 11.8 Å². The SMILES string of the molecule is CCC[C@H](NC(=O)[C@@H](NC(=O)CN(CCCN=C(N)N)C(=O)CNC(=O)[C@@H](NC(=O)[C@@H](NC(=O)[C@H](Cc1cnc[nH]1)NC(=O)[C@H](CC1CCCCC1)NC(=O)[C@H](C)NC(=O)[C@@H](N)CCCN=C(N)N)[C@@H](C)O)[C@@H](C)O)C(C)CC)C(=O)O. The molecule has 1 aliphatic carbocycles. The molecule has 1 saturated carbocycles. The number of aromatic amines is 1. The number of nitrogens with one attached hydrogen (secondary N) is 9. The van der Waals surface area contributed by atoms with Gasteiger partial charge in [-0.05, 0) is 64.7 Å². The minimum Gasteiger partial charge on any atom is -0.480 e. The van der Waals surface area contributed by atoms with Crippen LogP contribution >= 0.6 is 0 Å². The monoisotopic (exact) mass is 1160 g/mol. The Balaban J connectivity index is 2.31. The number of aliphatic hydroxyl groups is 2. The molecule has 82 heavy (non-hydrogen) atoms. The molecule has 11 atom stereocenters. The average Bonchev–Trinajstić information content (AvgIpc) is 3.98. The van der Waals surface area contributed by atoms with Gasteiger partial charge in [0.1, 0.15) is 42.3 Å². The number of amides is 9. The number of hydrogen-bond acceptors (Lipinski definition) is 16. The van der Waals surface area contributed by atoms with Gasteiger partial charge < -0.3 is 96.4 Å². The molecule has 1 aromatic heterocycles. The number of carbonyl (C=O) groups is 10. The fourth-order valence-corrected chi connectivity index (χ4v) is 8.77. The number of H-pyrrole nitrogens is 1. The van der Waals surface area contributed by atoms with Gasteiger partial charge in [0.2, 0.25) is 53.2 Å². The third kappa shape index (κ3) is 25.8. The number of hydrogen-bond donors (Lipinski definition) is 17. The largest absolute Gasteiger partial charge is 0.480 e. The lowest BCUT2D eigenvalue weighted by molar-refractivity contribution is -0.143. The van der Waals surface area contributed by atoms with E-state index in [4.69, 9.17) is 28.7 Å². The van der Waals surface area contributed by atoms with Crippen molar-refractivity contribution in [3.05, 3.63) is 18.2 Å². The van der Waals surface area contributed by atoms with E-state index in [-0.39, 0.29) is 69.6 Å². The Hall–Kier alpha value is -7.67. The van der Waals surface area contributed by atoms with E-state index in [2.05, 4.69) is 62.5 Å². The van der Waals surface area contributed by atoms with E-state index in [0.717, 1.165) is 50.9 Å². The number of rotatable bonds is 37. The van der Waals surface area contributed by atoms with Crippen molar-refractivity contribution in [2.75, 3.05) is 32.7 Å². The van der Waals surface area contributed by atoms with Gasteiger partial charge in [-0.2, -0.15) is 0 Å². The maximum atomic E-state index is 14.3. The second-order valence-electron chi connectivity index (χ2n) is 20.7. The first-order valence-corrected chi connectivity index (χ1v) is 27.8. The molecule has 1 aromatic rings. The zero-order valence-electron chi connectivity index (χ0n) is 47.9. The van der Waals surface area contributed by atoms with Crippen molar-refractivity contribution >= 4 is 71.1 Å². The summed E-state index contributed by atoms with van der Waals surface area (Å²) < 4.78 is 0. The lowest BCUT2D eigenvalue weighted by atomic mass is 9.84. The standard InChI is InChI=1S/C51H90N18O13/c1-7-14-34(49(81)82)63-47(79)39(27(3)8-2)66-37(72)25-69(20-13-19-59-51(55)56)38(73)24-60-46(78)40(29(5)70)68-48(80)41(30(6)71)67-45(77)36(22-32-23-57-26-61-32)65-44(76)35(21-31-15-10-9-11-16-31)64-42(74)28(4)62-43(75)33(52)17-12-18-58-50(53)54/h23,26-31,33-36,39-41,70-71H,7-22,24-25,52H2,1-6H3,(H,57,61)(H,60,78)(H,62,75)(H,63,79)(H,64,74)(H,65,76)(H,66,72)(H,67,77)(H,68,80)(H,81,82)(H4,53,54,58)(H4,55,56,59)/t27?,28-,29+,30+,33-,34-,35-,36-,39-,40-,41-/m0/s1. The van der Waals surface area contributed by atoms with Crippen LogP contribution in [0.5, 0.6) is 0 Å². The molecule has 9 amide bonds. The third-order valence-electron chi connectivity index (χ3n) is 13.7. The molecule has 1 unspecified atom stereocenters. The minimum atomic E-state index is -1.83. The maximum Gasteiger partial charge on any atom is 0.326 e. The number of imidazole rings is 1. The minimum absolute atomic E-state index is 0.0162. The normalized spacial score (nSPS) is 16.4. The first kappa shape index (κ1) is 70.4. The van der Waals surface area contributed by atoms with Crippen molar-refractivity contribution in [3.63, 3.8) is 0 Å². The molecule has 1 aliphatic rings. The fraction of sp³-hybridized carbons (Fsp3) is 0.706. The van der Waals surface area contributed by atoms with Crippen LogP contribution in [0.15, 0.2) is 22.5 Å². The van der Waals surface area contributed by atoms with E-state index in [1.807, 2.05) is 0 Å². The fourth-order valence-electron chi connectivity index (χ4n) is 8.77. The van der Waals surface area contributed by atoms with E-state index in [1.54, 1.807) is 20.8 Å². The van der Waals surface area contributed by atoms with E-state index in [9.17, 15) is 63.3 Å². The van der Waals surface area contributed by atoms with Gasteiger partial charge in [-0.15, -0.1) is 0 Å². The first-order chi connectivity index (χ1) is 38.7. The average molecular weight is 1160 g/mol. The quantitative estimate of drug-likeness (QED) is 0.0169. The van der Waals surface area contributed by atoms with Gasteiger partial charge in [-0.3, -0.25) is 53.1 Å². The maximum absolute atomic E-state index is 14.3. The number of nitrogens with two attached hydrogens (primary N) is 5. The Morgan fingerprint density at radius 1 is 0.683 bits per heavy atom. The lowest BCUT2D eigenvalue weighted by Crippen LogP contribution is -2.62. The number of aromatic nitrogens is 2. The Morgan fingerprint density at radius 3 is 1.80 bits per heavy atom. The summed E-state index contributed by atoms with van der Waals surface area (Å²) in [5, 5.41) is 51.3. The van der Waals surface area contributed by atoms with Gasteiger partial charge in [-0.25, -0.2) is 9.78 Å². The van der Waals surface area contributed by atoms with Crippen molar-refractivity contribution in [1.29, 1.82) is 0 Å². The molecule has 0 saturated heterocycles. The van der Waals surface area contributed by atoms with E-state index in [0.29, 0.717) is 25.0 Å². The highest BCUT2D eigenvalue weighted by molar-refractivity contribution is 5.98. The summed E-state index contributed by atoms with van der Waals surface area (Å²) in [5.41, 5.74) is 28.0. The predicted molar refractivity (Wildman–Crippen MR) is 301 cm³/mol. The summed E-state index contributed by atoms with van der Waals surface area (Å²) in [6, 6.07) is -10.9. The molecule has 22 N–H and O–H groups in total. The van der Waals surface area contributed by atoms with Gasteiger partial charge in [-0.1, -0.05) is 65.7 Å². The zero-order chi connectivity index (χ0) is 61.6. The van der Waals surface area contributed by atoms with Gasteiger partial charge in [0.15, 0.2) is 11.9 Å². The first-order valence-electron chi connectivity index (χ1n) is 27.8. The number of nitrogens with zero attached hydrogens (tertiary/aromatic N) is 4. The summed E-state index contributed by atoms with van der Waals surface area (Å²) in [6.07, 6.45) is 5.41. The van der Waals surface area contributed by atoms with Crippen LogP contribution < -0.4 is 71.2 Å². The van der Waals surface area contributed by atoms with Crippen molar-refractivity contribution in [3.8, 4) is 0 Å². The van der Waals surface area contributed by atoms with E-state index >= 15 is 0 Å². The number of guanidine groups is 2. The van der Waals surface area contributed by atoms with Gasteiger partial charge in [0, 0.05) is 37.9 Å². The molecular weight excluding hydrogens is 1070 g/mol. The number of aliphatic hydroxyl groups excluding tert-OH is 2. The molecule has 1 heterocycles. The van der Waals surface area contributed by atoms with Gasteiger partial charge in [0.25, 0.3) is 0 Å². The lowest BCUT2D eigenvalue weighted by Gasteiger charge is -2.30. The number of carboxylic acid groups (broad SMARTS) is 1. The summed E-state index contributed by atoms with van der Waals surface area (Å²) in [4.78, 5) is 151. The van der Waals surface area contributed by atoms with E-state index in [1.165, 1.54) is 19.4 Å². The number of carboxylic acids is 1. The Bertz CT molecular complexity index is 2310. The van der Waals surface area contributed by atoms with Gasteiger partial charge in [0.05, 0.1) is 37.7 Å². The molecule has 462 valence electrons. The highest BCUT2D eigenvalue weighted by atomic mass is 16.4. The zero-order valence-corrected chi connectivity index (χ0v) is 47.9. The highest BCUT2D eigenvalue weighted by Crippen LogP contribution is 2.27.